The summed E-state index contributed by atoms with van der Waals surface area (Å²) in [7, 11) is 0. The molecule has 0 saturated carbocycles. The lowest BCUT2D eigenvalue weighted by atomic mass is 10.0. The number of hydrogen-bond donors (Lipinski definition) is 0. The van der Waals surface area contributed by atoms with Crippen molar-refractivity contribution >= 4 is 10.8 Å². The summed E-state index contributed by atoms with van der Waals surface area (Å²) in [6.45, 7) is 0.627. The average Bonchev–Trinajstić information content (AvgIpc) is 2.65. The van der Waals surface area contributed by atoms with Gasteiger partial charge in [-0.3, -0.25) is 0 Å². The number of halogens is 7. The molecule has 0 aromatic heterocycles. The molecule has 0 saturated heterocycles. The van der Waals surface area contributed by atoms with Gasteiger partial charge in [0.2, 0.25) is 0 Å². The molecule has 0 N–H and O–H groups in total. The van der Waals surface area contributed by atoms with Crippen LogP contribution in [0.5, 0.6) is 5.75 Å². The molecular formula is C21H11F7O. The zero-order valence-corrected chi connectivity index (χ0v) is 14.7. The highest BCUT2D eigenvalue weighted by molar-refractivity contribution is 5.88. The van der Waals surface area contributed by atoms with Crippen LogP contribution in [0.1, 0.15) is 29.8 Å². The summed E-state index contributed by atoms with van der Waals surface area (Å²) in [5.74, 6) is -3.18. The van der Waals surface area contributed by atoms with E-state index in [4.69, 9.17) is 0 Å². The molecule has 0 aliphatic carbocycles. The van der Waals surface area contributed by atoms with Gasteiger partial charge in [0, 0.05) is 5.56 Å². The molecule has 0 heterocycles. The first-order chi connectivity index (χ1) is 13.6. The first kappa shape index (κ1) is 20.5. The topological polar surface area (TPSA) is 9.23 Å². The molecule has 3 aromatic carbocycles. The third-order valence-electron chi connectivity index (χ3n) is 4.04. The predicted octanol–water partition coefficient (Wildman–Crippen LogP) is 6.59. The SMILES string of the molecule is CC(F)c1c(F)c(F)c(C#Cc2cccc3ccccc23)c(F)c1OC(F)(F)F. The van der Waals surface area contributed by atoms with Gasteiger partial charge in [0.05, 0.1) is 5.56 Å². The number of fused-ring (bicyclic) bond motifs is 1. The fraction of sp³-hybridized carbons (Fsp3) is 0.143. The number of ether oxygens (including phenoxy) is 1. The highest BCUT2D eigenvalue weighted by Gasteiger charge is 2.38. The second-order valence-electron chi connectivity index (χ2n) is 6.00. The molecule has 1 unspecified atom stereocenters. The monoisotopic (exact) mass is 412 g/mol. The largest absolute Gasteiger partial charge is 0.573 e. The molecule has 0 bridgehead atoms. The molecule has 0 amide bonds. The molecule has 3 rings (SSSR count). The zero-order valence-electron chi connectivity index (χ0n) is 14.7. The fourth-order valence-electron chi connectivity index (χ4n) is 2.80. The Labute approximate surface area is 160 Å². The molecule has 29 heavy (non-hydrogen) atoms. The zero-order chi connectivity index (χ0) is 21.3. The summed E-state index contributed by atoms with van der Waals surface area (Å²) in [6, 6.07) is 11.8. The third-order valence-corrected chi connectivity index (χ3v) is 4.04. The maximum Gasteiger partial charge on any atom is 0.573 e. The number of benzene rings is 3. The number of alkyl halides is 4. The second-order valence-corrected chi connectivity index (χ2v) is 6.00. The van der Waals surface area contributed by atoms with E-state index in [0.717, 1.165) is 5.39 Å². The van der Waals surface area contributed by atoms with Gasteiger partial charge in [-0.2, -0.15) is 0 Å². The van der Waals surface area contributed by atoms with Crippen LogP contribution in [-0.2, 0) is 0 Å². The normalized spacial score (nSPS) is 12.4. The lowest BCUT2D eigenvalue weighted by molar-refractivity contribution is -0.276. The molecule has 3 aromatic rings. The van der Waals surface area contributed by atoms with Crippen LogP contribution in [0.4, 0.5) is 30.7 Å². The Kier molecular flexibility index (Phi) is 5.42. The van der Waals surface area contributed by atoms with Gasteiger partial charge in [0.25, 0.3) is 0 Å². The van der Waals surface area contributed by atoms with Gasteiger partial charge in [-0.25, -0.2) is 17.6 Å². The minimum absolute atomic E-state index is 0.309. The molecule has 0 aliphatic heterocycles. The Hall–Kier alpha value is -3.21. The summed E-state index contributed by atoms with van der Waals surface area (Å²) in [4.78, 5) is 0. The molecule has 0 aliphatic rings. The molecule has 1 nitrogen and oxygen atoms in total. The molecule has 0 radical (unpaired) electrons. The van der Waals surface area contributed by atoms with Gasteiger partial charge in [-0.1, -0.05) is 48.2 Å². The van der Waals surface area contributed by atoms with Crippen LogP contribution in [0.2, 0.25) is 0 Å². The van der Waals surface area contributed by atoms with E-state index >= 15 is 0 Å². The lowest BCUT2D eigenvalue weighted by Crippen LogP contribution is -2.21. The predicted molar refractivity (Wildman–Crippen MR) is 92.5 cm³/mol. The van der Waals surface area contributed by atoms with Gasteiger partial charge in [0.1, 0.15) is 11.7 Å². The minimum Gasteiger partial charge on any atom is -0.402 e. The first-order valence-corrected chi connectivity index (χ1v) is 8.20. The number of hydrogen-bond acceptors (Lipinski definition) is 1. The van der Waals surface area contributed by atoms with Crippen LogP contribution in [0.3, 0.4) is 0 Å². The Morgan fingerprint density at radius 1 is 0.862 bits per heavy atom. The van der Waals surface area contributed by atoms with Crippen molar-refractivity contribution in [3.63, 3.8) is 0 Å². The van der Waals surface area contributed by atoms with Crippen molar-refractivity contribution in [3.05, 3.63) is 76.6 Å². The second kappa shape index (κ2) is 7.66. The van der Waals surface area contributed by atoms with Gasteiger partial charge >= 0.3 is 6.36 Å². The standard InChI is InChI=1S/C21H11F7O/c1-11(22)16-19(25)17(23)15(18(24)20(16)29-21(26,27)28)10-9-13-7-4-6-12-5-2-3-8-14(12)13/h2-8,11H,1H3. The van der Waals surface area contributed by atoms with E-state index in [9.17, 15) is 30.7 Å². The van der Waals surface area contributed by atoms with Crippen molar-refractivity contribution in [2.45, 2.75) is 19.5 Å². The van der Waals surface area contributed by atoms with Crippen LogP contribution < -0.4 is 4.74 Å². The summed E-state index contributed by atoms with van der Waals surface area (Å²) in [6.07, 6.45) is -7.91. The number of rotatable bonds is 2. The smallest absolute Gasteiger partial charge is 0.402 e. The molecular weight excluding hydrogens is 401 g/mol. The first-order valence-electron chi connectivity index (χ1n) is 8.20. The molecule has 0 spiro atoms. The lowest BCUT2D eigenvalue weighted by Gasteiger charge is -2.17. The van der Waals surface area contributed by atoms with Crippen molar-refractivity contribution in [2.75, 3.05) is 0 Å². The van der Waals surface area contributed by atoms with Gasteiger partial charge < -0.3 is 4.74 Å². The highest BCUT2D eigenvalue weighted by atomic mass is 19.4. The maximum atomic E-state index is 14.6. The molecule has 8 heteroatoms. The van der Waals surface area contributed by atoms with Crippen LogP contribution in [-0.4, -0.2) is 6.36 Å². The van der Waals surface area contributed by atoms with Crippen molar-refractivity contribution < 1.29 is 35.5 Å². The van der Waals surface area contributed by atoms with Crippen LogP contribution in [0, 0.1) is 29.3 Å². The van der Waals surface area contributed by atoms with E-state index in [-0.39, 0.29) is 0 Å². The van der Waals surface area contributed by atoms with Crippen LogP contribution in [0.15, 0.2) is 42.5 Å². The summed E-state index contributed by atoms with van der Waals surface area (Å²) in [5.41, 5.74) is -2.49. The molecule has 1 atom stereocenters. The summed E-state index contributed by atoms with van der Waals surface area (Å²) in [5, 5.41) is 1.37. The van der Waals surface area contributed by atoms with E-state index in [1.165, 1.54) is 6.07 Å². The van der Waals surface area contributed by atoms with E-state index in [1.807, 2.05) is 5.92 Å². The molecule has 150 valence electrons. The van der Waals surface area contributed by atoms with Crippen molar-refractivity contribution in [3.8, 4) is 17.6 Å². The van der Waals surface area contributed by atoms with E-state index in [1.54, 1.807) is 36.4 Å². The van der Waals surface area contributed by atoms with Crippen LogP contribution in [0.25, 0.3) is 10.8 Å². The maximum absolute atomic E-state index is 14.6. The Morgan fingerprint density at radius 3 is 2.17 bits per heavy atom. The summed E-state index contributed by atoms with van der Waals surface area (Å²) >= 11 is 0. The Balaban J connectivity index is 2.22. The Bertz CT molecular complexity index is 1130. The molecule has 0 fully saturated rings. The minimum atomic E-state index is -5.45. The summed E-state index contributed by atoms with van der Waals surface area (Å²) < 4.78 is 97.9. The van der Waals surface area contributed by atoms with E-state index in [2.05, 4.69) is 10.7 Å². The highest BCUT2D eigenvalue weighted by Crippen LogP contribution is 2.39. The fourth-order valence-corrected chi connectivity index (χ4v) is 2.80. The van der Waals surface area contributed by atoms with Gasteiger partial charge in [-0.15, -0.1) is 13.2 Å². The van der Waals surface area contributed by atoms with E-state index < -0.39 is 46.9 Å². The van der Waals surface area contributed by atoms with Gasteiger partial charge in [0.15, 0.2) is 23.2 Å². The quantitative estimate of drug-likeness (QED) is 0.262. The Morgan fingerprint density at radius 2 is 1.52 bits per heavy atom. The van der Waals surface area contributed by atoms with E-state index in [0.29, 0.717) is 17.9 Å². The van der Waals surface area contributed by atoms with Crippen molar-refractivity contribution in [1.82, 2.24) is 0 Å². The third kappa shape index (κ3) is 4.14. The van der Waals surface area contributed by atoms with Crippen molar-refractivity contribution in [2.24, 2.45) is 0 Å². The van der Waals surface area contributed by atoms with Gasteiger partial charge in [-0.05, 0) is 23.8 Å². The van der Waals surface area contributed by atoms with Crippen molar-refractivity contribution in [1.29, 1.82) is 0 Å². The van der Waals surface area contributed by atoms with Crippen LogP contribution >= 0.6 is 0 Å². The average molecular weight is 412 g/mol.